The number of hydrogen-bond acceptors (Lipinski definition) is 3. The number of hydrogen-bond donors (Lipinski definition) is 2. The molecule has 4 heteroatoms. The van der Waals surface area contributed by atoms with Gasteiger partial charge in [0.15, 0.2) is 0 Å². The predicted molar refractivity (Wildman–Crippen MR) is 64.1 cm³/mol. The molecule has 94 valence electrons. The Bertz CT molecular complexity index is 244. The first-order valence-electron chi connectivity index (χ1n) is 6.08. The van der Waals surface area contributed by atoms with Crippen LogP contribution < -0.4 is 11.1 Å². The second kappa shape index (κ2) is 5.04. The third kappa shape index (κ3) is 4.39. The van der Waals surface area contributed by atoms with Crippen molar-refractivity contribution >= 4 is 6.09 Å². The van der Waals surface area contributed by atoms with Crippen molar-refractivity contribution in [2.75, 3.05) is 0 Å². The molecule has 1 amide bonds. The molecule has 0 bridgehead atoms. The topological polar surface area (TPSA) is 64.3 Å². The zero-order valence-electron chi connectivity index (χ0n) is 10.7. The Labute approximate surface area is 97.9 Å². The Morgan fingerprint density at radius 2 is 2.06 bits per heavy atom. The van der Waals surface area contributed by atoms with Gasteiger partial charge in [-0.25, -0.2) is 4.79 Å². The molecule has 0 spiro atoms. The minimum atomic E-state index is -0.452. The summed E-state index contributed by atoms with van der Waals surface area (Å²) in [6.45, 7) is 7.60. The van der Waals surface area contributed by atoms with Crippen molar-refractivity contribution in [3.8, 4) is 0 Å². The van der Waals surface area contributed by atoms with Crippen LogP contribution >= 0.6 is 0 Å². The smallest absolute Gasteiger partial charge is 0.407 e. The summed E-state index contributed by atoms with van der Waals surface area (Å²) in [6, 6.07) is 0.0971. The van der Waals surface area contributed by atoms with E-state index in [9.17, 15) is 4.79 Å². The van der Waals surface area contributed by atoms with Gasteiger partial charge in [0, 0.05) is 12.1 Å². The van der Waals surface area contributed by atoms with Crippen LogP contribution in [0.15, 0.2) is 0 Å². The lowest BCUT2D eigenvalue weighted by Gasteiger charge is -2.26. The van der Waals surface area contributed by atoms with Gasteiger partial charge in [-0.05, 0) is 46.0 Å². The summed E-state index contributed by atoms with van der Waals surface area (Å²) in [5.74, 6) is 0.583. The molecule has 2 atom stereocenters. The summed E-state index contributed by atoms with van der Waals surface area (Å²) in [4.78, 5) is 11.6. The van der Waals surface area contributed by atoms with Crippen molar-refractivity contribution in [2.24, 2.45) is 11.7 Å². The van der Waals surface area contributed by atoms with Crippen LogP contribution in [-0.4, -0.2) is 23.8 Å². The van der Waals surface area contributed by atoms with Crippen LogP contribution in [0.5, 0.6) is 0 Å². The highest BCUT2D eigenvalue weighted by atomic mass is 16.6. The maximum atomic E-state index is 11.6. The van der Waals surface area contributed by atoms with Gasteiger partial charge < -0.3 is 15.8 Å². The highest BCUT2D eigenvalue weighted by Crippen LogP contribution is 2.33. The van der Waals surface area contributed by atoms with E-state index in [1.54, 1.807) is 0 Å². The Hall–Kier alpha value is -0.770. The second-order valence-electron chi connectivity index (χ2n) is 5.58. The molecule has 0 aromatic carbocycles. The molecule has 1 aliphatic carbocycles. The van der Waals surface area contributed by atoms with Gasteiger partial charge >= 0.3 is 6.09 Å². The molecule has 1 fully saturated rings. The Kier molecular flexibility index (Phi) is 4.19. The van der Waals surface area contributed by atoms with E-state index in [2.05, 4.69) is 5.32 Å². The quantitative estimate of drug-likeness (QED) is 0.773. The largest absolute Gasteiger partial charge is 0.444 e. The first kappa shape index (κ1) is 13.3. The van der Waals surface area contributed by atoms with Gasteiger partial charge in [-0.2, -0.15) is 0 Å². The number of nitrogens with one attached hydrogen (secondary N) is 1. The molecular weight excluding hydrogens is 204 g/mol. The summed E-state index contributed by atoms with van der Waals surface area (Å²) in [5, 5.41) is 2.86. The van der Waals surface area contributed by atoms with Crippen LogP contribution in [0.4, 0.5) is 4.79 Å². The van der Waals surface area contributed by atoms with E-state index in [4.69, 9.17) is 10.5 Å². The third-order valence-corrected chi connectivity index (χ3v) is 2.77. The minimum Gasteiger partial charge on any atom is -0.444 e. The molecule has 0 aliphatic heterocycles. The third-order valence-electron chi connectivity index (χ3n) is 2.77. The average molecular weight is 228 g/mol. The molecule has 0 radical (unpaired) electrons. The Morgan fingerprint density at radius 1 is 1.50 bits per heavy atom. The summed E-state index contributed by atoms with van der Waals surface area (Å²) in [7, 11) is 0. The molecule has 0 heterocycles. The first-order valence-corrected chi connectivity index (χ1v) is 6.08. The molecule has 0 aromatic heterocycles. The average Bonchev–Trinajstić information content (AvgIpc) is 2.93. The van der Waals surface area contributed by atoms with E-state index in [1.165, 1.54) is 12.8 Å². The van der Waals surface area contributed by atoms with E-state index in [0.717, 1.165) is 6.42 Å². The van der Waals surface area contributed by atoms with Gasteiger partial charge in [-0.15, -0.1) is 0 Å². The lowest BCUT2D eigenvalue weighted by atomic mass is 10.0. The van der Waals surface area contributed by atoms with Crippen molar-refractivity contribution in [3.05, 3.63) is 0 Å². The lowest BCUT2D eigenvalue weighted by molar-refractivity contribution is 0.0493. The maximum absolute atomic E-state index is 11.6. The summed E-state index contributed by atoms with van der Waals surface area (Å²) in [6.07, 6.45) is 2.86. The molecule has 3 N–H and O–H groups in total. The van der Waals surface area contributed by atoms with Crippen LogP contribution in [0.1, 0.15) is 47.0 Å². The fourth-order valence-electron chi connectivity index (χ4n) is 1.74. The van der Waals surface area contributed by atoms with Gasteiger partial charge in [0.2, 0.25) is 0 Å². The number of alkyl carbamates (subject to hydrolysis) is 1. The lowest BCUT2D eigenvalue weighted by Crippen LogP contribution is -2.49. The number of ether oxygens (including phenoxy) is 1. The van der Waals surface area contributed by atoms with Crippen molar-refractivity contribution in [1.29, 1.82) is 0 Å². The van der Waals surface area contributed by atoms with Gasteiger partial charge in [0.1, 0.15) is 5.60 Å². The summed E-state index contributed by atoms with van der Waals surface area (Å²) < 4.78 is 5.21. The predicted octanol–water partition coefficient (Wildman–Crippen LogP) is 2.03. The highest BCUT2D eigenvalue weighted by molar-refractivity contribution is 5.68. The first-order chi connectivity index (χ1) is 7.33. The Morgan fingerprint density at radius 3 is 2.44 bits per heavy atom. The molecule has 1 saturated carbocycles. The van der Waals surface area contributed by atoms with Crippen LogP contribution in [0.3, 0.4) is 0 Å². The van der Waals surface area contributed by atoms with Crippen LogP contribution in [0.25, 0.3) is 0 Å². The van der Waals surface area contributed by atoms with E-state index in [1.807, 2.05) is 27.7 Å². The van der Waals surface area contributed by atoms with Crippen molar-refractivity contribution < 1.29 is 9.53 Å². The monoisotopic (exact) mass is 228 g/mol. The number of rotatable bonds is 4. The van der Waals surface area contributed by atoms with Crippen LogP contribution in [0, 0.1) is 5.92 Å². The van der Waals surface area contributed by atoms with Crippen molar-refractivity contribution in [1.82, 2.24) is 5.32 Å². The van der Waals surface area contributed by atoms with E-state index in [-0.39, 0.29) is 18.2 Å². The second-order valence-corrected chi connectivity index (χ2v) is 5.58. The maximum Gasteiger partial charge on any atom is 0.407 e. The SMILES string of the molecule is CC[C@H](NC(=O)OC(C)(C)C)[C@H](N)C1CC1. The van der Waals surface area contributed by atoms with Crippen LogP contribution in [-0.2, 0) is 4.74 Å². The van der Waals surface area contributed by atoms with Crippen molar-refractivity contribution in [2.45, 2.75) is 64.6 Å². The number of carbonyl (C=O) groups excluding carboxylic acids is 1. The van der Waals surface area contributed by atoms with Crippen molar-refractivity contribution in [3.63, 3.8) is 0 Å². The summed E-state index contributed by atoms with van der Waals surface area (Å²) >= 11 is 0. The van der Waals surface area contributed by atoms with Gasteiger partial charge in [0.05, 0.1) is 0 Å². The summed E-state index contributed by atoms with van der Waals surface area (Å²) in [5.41, 5.74) is 5.62. The van der Waals surface area contributed by atoms with E-state index in [0.29, 0.717) is 5.92 Å². The standard InChI is InChI=1S/C12H24N2O2/c1-5-9(10(13)8-6-7-8)14-11(15)16-12(2,3)4/h8-10H,5-7,13H2,1-4H3,(H,14,15)/t9-,10+/m0/s1. The molecule has 1 rings (SSSR count). The molecule has 16 heavy (non-hydrogen) atoms. The van der Waals surface area contributed by atoms with Gasteiger partial charge in [0.25, 0.3) is 0 Å². The van der Waals surface area contributed by atoms with E-state index < -0.39 is 5.60 Å². The number of amides is 1. The highest BCUT2D eigenvalue weighted by Gasteiger charge is 2.34. The molecule has 0 saturated heterocycles. The fraction of sp³-hybridized carbons (Fsp3) is 0.917. The minimum absolute atomic E-state index is 0.0300. The van der Waals surface area contributed by atoms with Gasteiger partial charge in [-0.3, -0.25) is 0 Å². The molecule has 1 aliphatic rings. The van der Waals surface area contributed by atoms with Crippen LogP contribution in [0.2, 0.25) is 0 Å². The van der Waals surface area contributed by atoms with E-state index >= 15 is 0 Å². The molecular formula is C12H24N2O2. The Balaban J connectivity index is 2.40. The molecule has 4 nitrogen and oxygen atoms in total. The number of carbonyl (C=O) groups is 1. The number of nitrogens with two attached hydrogens (primary N) is 1. The molecule has 0 aromatic rings. The van der Waals surface area contributed by atoms with Gasteiger partial charge in [-0.1, -0.05) is 6.92 Å². The fourth-order valence-corrected chi connectivity index (χ4v) is 1.74. The zero-order valence-corrected chi connectivity index (χ0v) is 10.7. The molecule has 0 unspecified atom stereocenters. The zero-order chi connectivity index (χ0) is 12.3. The normalized spacial score (nSPS) is 20.1.